The van der Waals surface area contributed by atoms with Crippen LogP contribution in [0, 0.1) is 0 Å². The topological polar surface area (TPSA) is 210 Å². The van der Waals surface area contributed by atoms with Crippen molar-refractivity contribution in [2.75, 3.05) is 11.5 Å². The highest BCUT2D eigenvalue weighted by atomic mass is 32.2. The first kappa shape index (κ1) is 27.5. The summed E-state index contributed by atoms with van der Waals surface area (Å²) in [4.78, 5) is -1.28. The third-order valence-corrected chi connectivity index (χ3v) is 7.29. The van der Waals surface area contributed by atoms with Crippen molar-refractivity contribution in [2.24, 2.45) is 20.5 Å². The van der Waals surface area contributed by atoms with Crippen LogP contribution in [0.5, 0.6) is 0 Å². The summed E-state index contributed by atoms with van der Waals surface area (Å²) >= 11 is 0. The summed E-state index contributed by atoms with van der Waals surface area (Å²) in [5.41, 5.74) is 12.9. The molecule has 39 heavy (non-hydrogen) atoms. The van der Waals surface area contributed by atoms with E-state index in [4.69, 9.17) is 11.5 Å². The minimum Gasteiger partial charge on any atom is -0.396 e. The Morgan fingerprint density at radius 3 is 1.79 bits per heavy atom. The molecule has 0 aliphatic heterocycles. The number of rotatable bonds is 8. The van der Waals surface area contributed by atoms with Crippen molar-refractivity contribution in [2.45, 2.75) is 16.2 Å². The number of hydrogen-bond acceptors (Lipinski definition) is 10. The van der Waals surface area contributed by atoms with Crippen molar-refractivity contribution in [1.29, 1.82) is 0 Å². The molecule has 0 bridgehead atoms. The van der Waals surface area contributed by atoms with E-state index in [1.807, 2.05) is 42.5 Å². The zero-order valence-electron chi connectivity index (χ0n) is 20.1. The lowest BCUT2D eigenvalue weighted by Crippen LogP contribution is -2.05. The first-order valence-corrected chi connectivity index (χ1v) is 14.0. The van der Waals surface area contributed by atoms with Gasteiger partial charge in [0.15, 0.2) is 0 Å². The van der Waals surface area contributed by atoms with E-state index in [9.17, 15) is 25.9 Å². The molecule has 0 saturated carbocycles. The Hall–Kier alpha value is -4.50. The van der Waals surface area contributed by atoms with Gasteiger partial charge in [0.05, 0.1) is 17.1 Å². The zero-order chi connectivity index (χ0) is 28.2. The van der Waals surface area contributed by atoms with E-state index in [1.165, 1.54) is 18.2 Å². The first-order valence-electron chi connectivity index (χ1n) is 11.2. The number of benzene rings is 4. The van der Waals surface area contributed by atoms with Crippen molar-refractivity contribution < 1.29 is 25.9 Å². The van der Waals surface area contributed by atoms with Crippen LogP contribution in [0.3, 0.4) is 0 Å². The molecule has 4 aromatic rings. The number of nitrogens with two attached hydrogens (primary N) is 2. The number of anilines is 2. The Bertz CT molecular complexity index is 1810. The van der Waals surface area contributed by atoms with Gasteiger partial charge in [-0.15, -0.1) is 15.3 Å². The minimum absolute atomic E-state index is 0.239. The summed E-state index contributed by atoms with van der Waals surface area (Å²) in [6.45, 7) is 0. The molecule has 4 rings (SSSR count). The van der Waals surface area contributed by atoms with E-state index in [0.717, 1.165) is 23.3 Å². The highest BCUT2D eigenvalue weighted by molar-refractivity contribution is 7.86. The number of nitrogen functional groups attached to an aromatic ring is 2. The molecular weight excluding hydrogens is 544 g/mol. The molecule has 0 spiro atoms. The summed E-state index contributed by atoms with van der Waals surface area (Å²) in [7, 11) is -9.50. The SMILES string of the molecule is Nc1c(N=Nc2ccccc2S(=O)(=O)O)cc(S(=O)(=O)O)c(N)c1N=Nc1ccccc1Cc1ccccc1. The molecule has 0 aliphatic carbocycles. The van der Waals surface area contributed by atoms with Crippen molar-refractivity contribution in [3.63, 3.8) is 0 Å². The fourth-order valence-electron chi connectivity index (χ4n) is 3.61. The molecule has 0 heterocycles. The lowest BCUT2D eigenvalue weighted by molar-refractivity contribution is 0.481. The van der Waals surface area contributed by atoms with Gasteiger partial charge in [0.1, 0.15) is 26.9 Å². The van der Waals surface area contributed by atoms with Crippen LogP contribution in [0.1, 0.15) is 11.1 Å². The Balaban J connectivity index is 1.80. The second-order valence-electron chi connectivity index (χ2n) is 8.18. The molecule has 6 N–H and O–H groups in total. The van der Waals surface area contributed by atoms with Crippen LogP contribution in [-0.4, -0.2) is 25.9 Å². The van der Waals surface area contributed by atoms with Gasteiger partial charge in [-0.3, -0.25) is 9.11 Å². The minimum atomic E-state index is -4.86. The Morgan fingerprint density at radius 1 is 0.590 bits per heavy atom. The maximum atomic E-state index is 12.0. The summed E-state index contributed by atoms with van der Waals surface area (Å²) in [6.07, 6.45) is 0.540. The monoisotopic (exact) mass is 566 g/mol. The predicted molar refractivity (Wildman–Crippen MR) is 145 cm³/mol. The van der Waals surface area contributed by atoms with Crippen LogP contribution in [0.25, 0.3) is 0 Å². The predicted octanol–water partition coefficient (Wildman–Crippen LogP) is 5.77. The van der Waals surface area contributed by atoms with E-state index in [2.05, 4.69) is 20.5 Å². The molecule has 0 fully saturated rings. The first-order chi connectivity index (χ1) is 18.4. The fraction of sp³-hybridized carbons (Fsp3) is 0.0400. The van der Waals surface area contributed by atoms with Gasteiger partial charge in [0, 0.05) is 0 Å². The maximum absolute atomic E-state index is 12.0. The molecule has 0 amide bonds. The van der Waals surface area contributed by atoms with Gasteiger partial charge in [0.2, 0.25) is 0 Å². The zero-order valence-corrected chi connectivity index (χ0v) is 21.7. The van der Waals surface area contributed by atoms with E-state index in [1.54, 1.807) is 12.1 Å². The van der Waals surface area contributed by atoms with Crippen molar-refractivity contribution >= 4 is 54.4 Å². The summed E-state index contributed by atoms with van der Waals surface area (Å²) in [5, 5.41) is 16.0. The van der Waals surface area contributed by atoms with Crippen LogP contribution in [-0.2, 0) is 26.7 Å². The average Bonchev–Trinajstić information content (AvgIpc) is 2.88. The maximum Gasteiger partial charge on any atom is 0.296 e. The smallest absolute Gasteiger partial charge is 0.296 e. The molecule has 12 nitrogen and oxygen atoms in total. The molecule has 4 aromatic carbocycles. The lowest BCUT2D eigenvalue weighted by Gasteiger charge is -2.11. The van der Waals surface area contributed by atoms with E-state index in [0.29, 0.717) is 12.1 Å². The van der Waals surface area contributed by atoms with Crippen LogP contribution in [0.15, 0.2) is 115 Å². The van der Waals surface area contributed by atoms with E-state index < -0.39 is 35.7 Å². The fourth-order valence-corrected chi connectivity index (χ4v) is 4.87. The Morgan fingerprint density at radius 2 is 1.13 bits per heavy atom. The van der Waals surface area contributed by atoms with E-state index >= 15 is 0 Å². The summed E-state index contributed by atoms with van der Waals surface area (Å²) < 4.78 is 66.6. The summed E-state index contributed by atoms with van der Waals surface area (Å²) in [5.74, 6) is 0. The second-order valence-corrected chi connectivity index (χ2v) is 11.0. The van der Waals surface area contributed by atoms with Gasteiger partial charge in [-0.05, 0) is 41.8 Å². The third-order valence-electron chi connectivity index (χ3n) is 5.49. The molecule has 0 radical (unpaired) electrons. The van der Waals surface area contributed by atoms with Gasteiger partial charge >= 0.3 is 0 Å². The van der Waals surface area contributed by atoms with Gasteiger partial charge in [-0.1, -0.05) is 60.7 Å². The normalized spacial score (nSPS) is 12.4. The van der Waals surface area contributed by atoms with Gasteiger partial charge in [-0.25, -0.2) is 0 Å². The van der Waals surface area contributed by atoms with Gasteiger partial charge in [-0.2, -0.15) is 21.9 Å². The number of nitrogens with zero attached hydrogens (tertiary/aromatic N) is 4. The van der Waals surface area contributed by atoms with Gasteiger partial charge < -0.3 is 11.5 Å². The number of azo groups is 2. The standard InChI is InChI=1S/C25H22N6O6S2/c26-23-20(30-29-19-12-6-7-13-21(19)38(32,33)34)15-22(39(35,36)37)24(27)25(23)31-28-18-11-5-4-10-17(18)14-16-8-2-1-3-9-16/h1-13,15H,14,26-27H2,(H,32,33,34)(H,35,36,37). The molecule has 0 atom stereocenters. The molecular formula is C25H22N6O6S2. The quantitative estimate of drug-likeness (QED) is 0.117. The van der Waals surface area contributed by atoms with Crippen molar-refractivity contribution in [3.8, 4) is 0 Å². The molecule has 14 heteroatoms. The molecule has 0 saturated heterocycles. The van der Waals surface area contributed by atoms with Crippen LogP contribution < -0.4 is 11.5 Å². The van der Waals surface area contributed by atoms with Crippen LogP contribution >= 0.6 is 0 Å². The van der Waals surface area contributed by atoms with Crippen molar-refractivity contribution in [3.05, 3.63) is 96.1 Å². The van der Waals surface area contributed by atoms with Crippen molar-refractivity contribution in [1.82, 2.24) is 0 Å². The molecule has 200 valence electrons. The highest BCUT2D eigenvalue weighted by Gasteiger charge is 2.23. The number of hydrogen-bond donors (Lipinski definition) is 4. The van der Waals surface area contributed by atoms with Crippen LogP contribution in [0.2, 0.25) is 0 Å². The largest absolute Gasteiger partial charge is 0.396 e. The Labute approximate surface area is 224 Å². The molecule has 0 unspecified atom stereocenters. The van der Waals surface area contributed by atoms with E-state index in [-0.39, 0.29) is 22.7 Å². The third kappa shape index (κ3) is 6.50. The summed E-state index contributed by atoms with van der Waals surface area (Å²) in [6, 6.07) is 22.8. The Kier molecular flexibility index (Phi) is 7.83. The van der Waals surface area contributed by atoms with Crippen LogP contribution in [0.4, 0.5) is 34.1 Å². The highest BCUT2D eigenvalue weighted by Crippen LogP contribution is 2.43. The molecule has 0 aliphatic rings. The molecule has 0 aromatic heterocycles. The average molecular weight is 567 g/mol. The second kappa shape index (κ2) is 11.1. The van der Waals surface area contributed by atoms with Gasteiger partial charge in [0.25, 0.3) is 20.2 Å². The lowest BCUT2D eigenvalue weighted by atomic mass is 10.0.